The zero-order valence-electron chi connectivity index (χ0n) is 19.4. The van der Waals surface area contributed by atoms with Crippen LogP contribution in [-0.4, -0.2) is 54.8 Å². The van der Waals surface area contributed by atoms with Crippen LogP contribution in [0.15, 0.2) is 36.4 Å². The number of carbonyl (C=O) groups excluding carboxylic acids is 1. The minimum absolute atomic E-state index is 0.0893. The van der Waals surface area contributed by atoms with Gasteiger partial charge in [0.2, 0.25) is 0 Å². The van der Waals surface area contributed by atoms with Gasteiger partial charge in [-0.25, -0.2) is 4.79 Å². The third-order valence-corrected chi connectivity index (χ3v) is 7.58. The van der Waals surface area contributed by atoms with Crippen LogP contribution in [0.3, 0.4) is 0 Å². The molecular weight excluding hydrogens is 450 g/mol. The molecule has 2 aromatic rings. The van der Waals surface area contributed by atoms with Gasteiger partial charge in [-0.1, -0.05) is 23.9 Å². The Balaban J connectivity index is 1.43. The molecule has 3 aliphatic rings. The Hall–Kier alpha value is -3.06. The number of nitriles is 1. The van der Waals surface area contributed by atoms with Gasteiger partial charge in [0.25, 0.3) is 0 Å². The number of likely N-dealkylation sites (tertiary alicyclic amines) is 1. The topological polar surface area (TPSA) is 99.5 Å². The van der Waals surface area contributed by atoms with Crippen LogP contribution in [0.2, 0.25) is 0 Å². The molecule has 176 valence electrons. The predicted octanol–water partition coefficient (Wildman–Crippen LogP) is 3.46. The van der Waals surface area contributed by atoms with Crippen LogP contribution in [0.4, 0.5) is 4.79 Å². The number of amides is 2. The van der Waals surface area contributed by atoms with Gasteiger partial charge in [-0.05, 0) is 43.7 Å². The van der Waals surface area contributed by atoms with E-state index in [1.807, 2.05) is 49.1 Å². The summed E-state index contributed by atoms with van der Waals surface area (Å²) in [7, 11) is 1.67. The van der Waals surface area contributed by atoms with Gasteiger partial charge in [-0.3, -0.25) is 4.98 Å². The highest BCUT2D eigenvalue weighted by atomic mass is 32.2. The zero-order chi connectivity index (χ0) is 23.9. The number of hydrogen-bond donors (Lipinski definition) is 2. The van der Waals surface area contributed by atoms with Crippen LogP contribution >= 0.6 is 11.8 Å². The van der Waals surface area contributed by atoms with Crippen molar-refractivity contribution in [2.45, 2.75) is 25.4 Å². The first kappa shape index (κ1) is 22.7. The third kappa shape index (κ3) is 4.25. The molecule has 0 radical (unpaired) electrons. The average molecular weight is 478 g/mol. The molecule has 34 heavy (non-hydrogen) atoms. The molecule has 1 spiro atoms. The van der Waals surface area contributed by atoms with E-state index in [9.17, 15) is 10.1 Å². The monoisotopic (exact) mass is 477 g/mol. The molecule has 0 bridgehead atoms. The second kappa shape index (κ2) is 8.95. The van der Waals surface area contributed by atoms with Gasteiger partial charge in [0.15, 0.2) is 5.50 Å². The maximum Gasteiger partial charge on any atom is 0.319 e. The number of urea groups is 1. The van der Waals surface area contributed by atoms with E-state index in [1.54, 1.807) is 24.9 Å². The number of thioether (sulfide) groups is 1. The van der Waals surface area contributed by atoms with Gasteiger partial charge in [-0.15, -0.1) is 0 Å². The first-order chi connectivity index (χ1) is 16.4. The highest BCUT2D eigenvalue weighted by Gasteiger charge is 2.51. The van der Waals surface area contributed by atoms with Crippen LogP contribution in [-0.2, 0) is 9.47 Å². The minimum atomic E-state index is -0.339. The van der Waals surface area contributed by atoms with Gasteiger partial charge < -0.3 is 25.0 Å². The number of nitrogens with zero attached hydrogens (tertiary/aromatic N) is 3. The first-order valence-corrected chi connectivity index (χ1v) is 12.1. The average Bonchev–Trinajstić information content (AvgIpc) is 3.20. The van der Waals surface area contributed by atoms with E-state index in [0.717, 1.165) is 59.4 Å². The van der Waals surface area contributed by atoms with Gasteiger partial charge in [0.05, 0.1) is 47.8 Å². The van der Waals surface area contributed by atoms with Crippen molar-refractivity contribution in [3.63, 3.8) is 0 Å². The molecule has 3 aliphatic heterocycles. The molecule has 5 rings (SSSR count). The normalized spacial score (nSPS) is 21.4. The van der Waals surface area contributed by atoms with E-state index >= 15 is 0 Å². The van der Waals surface area contributed by atoms with Crippen LogP contribution in [0.5, 0.6) is 0 Å². The summed E-state index contributed by atoms with van der Waals surface area (Å²) in [5.41, 5.74) is 4.90. The molecule has 2 amide bonds. The van der Waals surface area contributed by atoms with Gasteiger partial charge in [0, 0.05) is 36.4 Å². The van der Waals surface area contributed by atoms with E-state index in [2.05, 4.69) is 21.7 Å². The molecule has 4 heterocycles. The number of aryl methyl sites for hydroxylation is 1. The Morgan fingerprint density at radius 2 is 2.15 bits per heavy atom. The summed E-state index contributed by atoms with van der Waals surface area (Å²) in [5, 5.41) is 16.0. The number of ether oxygens (including phenoxy) is 2. The van der Waals surface area contributed by atoms with E-state index in [1.165, 1.54) is 0 Å². The van der Waals surface area contributed by atoms with Gasteiger partial charge >= 0.3 is 6.03 Å². The molecule has 2 N–H and O–H groups in total. The molecule has 2 atom stereocenters. The third-order valence-electron chi connectivity index (χ3n) is 6.43. The standard InChI is InChI=1S/C25H27N5O3S/c1-15-7-19(9-20(27-15)16(2)32-3)22-21(18-6-4-5-17(8-18)10-26)28-23(34-22)29-24(31)30-11-25(12-30)13-33-14-25/h4-9,16,23,28H,11-14H2,1-3H3,(H,29,31). The Labute approximate surface area is 203 Å². The lowest BCUT2D eigenvalue weighted by atomic mass is 9.78. The molecule has 8 nitrogen and oxygen atoms in total. The molecule has 2 saturated heterocycles. The summed E-state index contributed by atoms with van der Waals surface area (Å²) < 4.78 is 10.8. The molecule has 2 fully saturated rings. The Morgan fingerprint density at radius 3 is 2.82 bits per heavy atom. The summed E-state index contributed by atoms with van der Waals surface area (Å²) in [4.78, 5) is 20.3. The Morgan fingerprint density at radius 1 is 1.35 bits per heavy atom. The Kier molecular flexibility index (Phi) is 5.98. The van der Waals surface area contributed by atoms with E-state index in [-0.39, 0.29) is 23.0 Å². The number of nitrogens with one attached hydrogen (secondary N) is 2. The molecular formula is C25H27N5O3S. The molecule has 1 aromatic heterocycles. The fourth-order valence-electron chi connectivity index (χ4n) is 4.48. The maximum absolute atomic E-state index is 12.9. The molecule has 0 saturated carbocycles. The zero-order valence-corrected chi connectivity index (χ0v) is 20.2. The lowest BCUT2D eigenvalue weighted by molar-refractivity contribution is -0.175. The van der Waals surface area contributed by atoms with Crippen LogP contribution < -0.4 is 10.6 Å². The van der Waals surface area contributed by atoms with Crippen LogP contribution in [0.1, 0.15) is 41.1 Å². The second-order valence-corrected chi connectivity index (χ2v) is 10.3. The lowest BCUT2D eigenvalue weighted by Crippen LogP contribution is -2.69. The summed E-state index contributed by atoms with van der Waals surface area (Å²) in [6.07, 6.45) is -0.145. The number of benzene rings is 1. The van der Waals surface area contributed by atoms with Crippen molar-refractivity contribution in [2.24, 2.45) is 5.41 Å². The fraction of sp³-hybridized carbons (Fsp3) is 0.400. The van der Waals surface area contributed by atoms with Crippen molar-refractivity contribution in [3.8, 4) is 6.07 Å². The molecule has 9 heteroatoms. The predicted molar refractivity (Wildman–Crippen MR) is 130 cm³/mol. The van der Waals surface area contributed by atoms with Crippen molar-refractivity contribution in [1.82, 2.24) is 20.5 Å². The second-order valence-electron chi connectivity index (χ2n) is 9.14. The van der Waals surface area contributed by atoms with Crippen molar-refractivity contribution < 1.29 is 14.3 Å². The summed E-state index contributed by atoms with van der Waals surface area (Å²) in [6, 6.07) is 13.7. The highest BCUT2D eigenvalue weighted by molar-refractivity contribution is 8.09. The highest BCUT2D eigenvalue weighted by Crippen LogP contribution is 2.43. The van der Waals surface area contributed by atoms with Crippen molar-refractivity contribution in [2.75, 3.05) is 33.4 Å². The molecule has 2 unspecified atom stereocenters. The number of carbonyl (C=O) groups is 1. The van der Waals surface area contributed by atoms with E-state index < -0.39 is 0 Å². The summed E-state index contributed by atoms with van der Waals surface area (Å²) >= 11 is 1.55. The SMILES string of the molecule is COC(C)c1cc(C2=C(c3cccc(C#N)c3)NC(NC(=O)N3CC4(COC4)C3)S2)cc(C)n1. The van der Waals surface area contributed by atoms with Gasteiger partial charge in [0.1, 0.15) is 0 Å². The fourth-order valence-corrected chi connectivity index (χ4v) is 5.60. The van der Waals surface area contributed by atoms with Crippen molar-refractivity contribution >= 4 is 28.4 Å². The number of rotatable bonds is 5. The number of methoxy groups -OCH3 is 1. The van der Waals surface area contributed by atoms with Gasteiger partial charge in [-0.2, -0.15) is 5.26 Å². The smallest absolute Gasteiger partial charge is 0.319 e. The van der Waals surface area contributed by atoms with Crippen molar-refractivity contribution in [1.29, 1.82) is 5.26 Å². The van der Waals surface area contributed by atoms with E-state index in [4.69, 9.17) is 9.47 Å². The lowest BCUT2D eigenvalue weighted by Gasteiger charge is -2.54. The largest absolute Gasteiger partial charge is 0.380 e. The van der Waals surface area contributed by atoms with Crippen LogP contribution in [0, 0.1) is 23.7 Å². The number of aromatic nitrogens is 1. The number of hydrogen-bond acceptors (Lipinski definition) is 7. The molecule has 0 aliphatic carbocycles. The summed E-state index contributed by atoms with van der Waals surface area (Å²) in [6.45, 7) is 6.87. The molecule has 1 aromatic carbocycles. The first-order valence-electron chi connectivity index (χ1n) is 11.2. The Bertz CT molecular complexity index is 1200. The summed E-state index contributed by atoms with van der Waals surface area (Å²) in [5.74, 6) is 0. The minimum Gasteiger partial charge on any atom is -0.380 e. The maximum atomic E-state index is 12.9. The van der Waals surface area contributed by atoms with Crippen molar-refractivity contribution in [3.05, 3.63) is 64.5 Å². The quantitative estimate of drug-likeness (QED) is 0.680. The number of pyridine rings is 1. The van der Waals surface area contributed by atoms with E-state index in [0.29, 0.717) is 5.56 Å². The van der Waals surface area contributed by atoms with Crippen LogP contribution in [0.25, 0.3) is 10.6 Å².